The van der Waals surface area contributed by atoms with Gasteiger partial charge < -0.3 is 9.88 Å². The minimum atomic E-state index is -4.62. The maximum Gasteiger partial charge on any atom is 0.451 e. The summed E-state index contributed by atoms with van der Waals surface area (Å²) in [7, 11) is -0.914. The lowest BCUT2D eigenvalue weighted by atomic mass is 10.4. The van der Waals surface area contributed by atoms with Crippen LogP contribution in [-0.2, 0) is 17.0 Å². The van der Waals surface area contributed by atoms with Gasteiger partial charge in [-0.05, 0) is 0 Å². The van der Waals surface area contributed by atoms with E-state index in [4.69, 9.17) is 0 Å². The van der Waals surface area contributed by atoms with Crippen molar-refractivity contribution in [2.24, 2.45) is 0 Å². The Kier molecular flexibility index (Phi) is 3.11. The lowest BCUT2D eigenvalue weighted by Gasteiger charge is -2.27. The van der Waals surface area contributed by atoms with Crippen molar-refractivity contribution in [1.29, 1.82) is 0 Å². The molecule has 1 fully saturated rings. The van der Waals surface area contributed by atoms with E-state index in [9.17, 15) is 17.4 Å². The number of aromatic nitrogens is 4. The van der Waals surface area contributed by atoms with Crippen molar-refractivity contribution in [2.45, 2.75) is 6.18 Å². The number of H-pyrrole nitrogens is 1. The third-order valence-electron chi connectivity index (χ3n) is 3.00. The van der Waals surface area contributed by atoms with Crippen molar-refractivity contribution < 1.29 is 17.4 Å². The fourth-order valence-electron chi connectivity index (χ4n) is 2.02. The Labute approximate surface area is 113 Å². The maximum absolute atomic E-state index is 12.8. The average molecular weight is 305 g/mol. The number of aromatic amines is 1. The zero-order valence-electron chi connectivity index (χ0n) is 10.1. The summed E-state index contributed by atoms with van der Waals surface area (Å²) >= 11 is 0. The van der Waals surface area contributed by atoms with Crippen LogP contribution < -0.4 is 4.90 Å². The predicted molar refractivity (Wildman–Crippen MR) is 66.8 cm³/mol. The summed E-state index contributed by atoms with van der Waals surface area (Å²) in [4.78, 5) is 15.2. The van der Waals surface area contributed by atoms with E-state index in [2.05, 4.69) is 19.9 Å². The Balaban J connectivity index is 2.08. The number of imidazole rings is 1. The van der Waals surface area contributed by atoms with Crippen LogP contribution >= 0.6 is 0 Å². The molecule has 108 valence electrons. The number of anilines is 1. The molecule has 1 aliphatic rings. The number of nitrogens with zero attached hydrogens (tertiary/aromatic N) is 4. The molecule has 2 aromatic rings. The number of hydrogen-bond donors (Lipinski definition) is 1. The smallest absolute Gasteiger partial charge is 0.353 e. The number of nitrogens with one attached hydrogen (secondary N) is 1. The van der Waals surface area contributed by atoms with E-state index in [0.717, 1.165) is 0 Å². The Bertz CT molecular complexity index is 660. The Hall–Kier alpha value is -1.71. The molecule has 0 saturated carbocycles. The summed E-state index contributed by atoms with van der Waals surface area (Å²) in [6, 6.07) is 0. The van der Waals surface area contributed by atoms with E-state index in [0.29, 0.717) is 30.1 Å². The van der Waals surface area contributed by atoms with Gasteiger partial charge in [0, 0.05) is 35.4 Å². The van der Waals surface area contributed by atoms with Crippen LogP contribution in [-0.4, -0.2) is 48.7 Å². The van der Waals surface area contributed by atoms with E-state index >= 15 is 0 Å². The van der Waals surface area contributed by atoms with Crippen molar-refractivity contribution in [3.05, 3.63) is 12.2 Å². The first-order valence-electron chi connectivity index (χ1n) is 5.83. The van der Waals surface area contributed by atoms with E-state index in [1.54, 1.807) is 4.90 Å². The summed E-state index contributed by atoms with van der Waals surface area (Å²) in [6.45, 7) is 0.796. The van der Waals surface area contributed by atoms with Gasteiger partial charge in [-0.1, -0.05) is 0 Å². The summed E-state index contributed by atoms with van der Waals surface area (Å²) in [5, 5.41) is 0. The van der Waals surface area contributed by atoms with Gasteiger partial charge in [-0.3, -0.25) is 4.21 Å². The van der Waals surface area contributed by atoms with Crippen molar-refractivity contribution in [3.63, 3.8) is 0 Å². The Morgan fingerprint density at radius 2 is 1.95 bits per heavy atom. The molecule has 1 aliphatic heterocycles. The summed E-state index contributed by atoms with van der Waals surface area (Å²) in [5.41, 5.74) is 0.347. The monoisotopic (exact) mass is 305 g/mol. The van der Waals surface area contributed by atoms with Gasteiger partial charge in [0.15, 0.2) is 11.5 Å². The zero-order chi connectivity index (χ0) is 14.3. The molecule has 1 N–H and O–H groups in total. The second-order valence-electron chi connectivity index (χ2n) is 4.30. The molecule has 0 unspecified atom stereocenters. The predicted octanol–water partition coefficient (Wildman–Crippen LogP) is 0.940. The van der Waals surface area contributed by atoms with Gasteiger partial charge in [0.2, 0.25) is 5.82 Å². The minimum absolute atomic E-state index is 0.0194. The number of fused-ring (bicyclic) bond motifs is 1. The minimum Gasteiger partial charge on any atom is -0.353 e. The molecule has 1 saturated heterocycles. The molecule has 3 heterocycles. The molecule has 0 aliphatic carbocycles. The Morgan fingerprint density at radius 3 is 2.60 bits per heavy atom. The largest absolute Gasteiger partial charge is 0.451 e. The molecular weight excluding hydrogens is 295 g/mol. The Morgan fingerprint density at radius 1 is 1.25 bits per heavy atom. The topological polar surface area (TPSA) is 74.8 Å². The highest BCUT2D eigenvalue weighted by molar-refractivity contribution is 7.85. The van der Waals surface area contributed by atoms with Crippen LogP contribution in [0, 0.1) is 0 Å². The van der Waals surface area contributed by atoms with Crippen molar-refractivity contribution in [3.8, 4) is 0 Å². The number of hydrogen-bond acceptors (Lipinski definition) is 5. The maximum atomic E-state index is 12.8. The van der Waals surface area contributed by atoms with E-state index < -0.39 is 22.8 Å². The molecule has 0 amide bonds. The summed E-state index contributed by atoms with van der Waals surface area (Å²) in [5.74, 6) is -0.211. The van der Waals surface area contributed by atoms with Crippen molar-refractivity contribution >= 4 is 27.8 Å². The molecule has 0 bridgehead atoms. The van der Waals surface area contributed by atoms with Crippen LogP contribution in [0.15, 0.2) is 6.33 Å². The van der Waals surface area contributed by atoms with E-state index in [-0.39, 0.29) is 11.5 Å². The highest BCUT2D eigenvalue weighted by Crippen LogP contribution is 2.30. The second kappa shape index (κ2) is 4.69. The molecule has 20 heavy (non-hydrogen) atoms. The number of halogens is 3. The molecule has 0 radical (unpaired) electrons. The zero-order valence-corrected chi connectivity index (χ0v) is 11.0. The lowest BCUT2D eigenvalue weighted by Crippen LogP contribution is -2.38. The molecular formula is C10H10F3N5OS. The summed E-state index contributed by atoms with van der Waals surface area (Å²) in [6.07, 6.45) is -3.34. The van der Waals surface area contributed by atoms with E-state index in [1.807, 2.05) is 0 Å². The third kappa shape index (κ3) is 2.35. The number of rotatable bonds is 1. The van der Waals surface area contributed by atoms with Crippen molar-refractivity contribution in [1.82, 2.24) is 19.9 Å². The third-order valence-corrected chi connectivity index (χ3v) is 4.27. The molecule has 10 heteroatoms. The highest BCUT2D eigenvalue weighted by atomic mass is 32.2. The van der Waals surface area contributed by atoms with Gasteiger partial charge in [-0.2, -0.15) is 13.2 Å². The molecule has 0 atom stereocenters. The molecule has 0 aromatic carbocycles. The van der Waals surface area contributed by atoms with Gasteiger partial charge >= 0.3 is 6.18 Å². The van der Waals surface area contributed by atoms with Gasteiger partial charge in [0.25, 0.3) is 0 Å². The fraction of sp³-hybridized carbons (Fsp3) is 0.500. The SMILES string of the molecule is O=S1CCN(c2nc(C(F)(F)F)nc3nc[nH]c23)CC1. The average Bonchev–Trinajstić information content (AvgIpc) is 2.85. The normalized spacial score (nSPS) is 17.9. The number of alkyl halides is 3. The quantitative estimate of drug-likeness (QED) is 0.849. The summed E-state index contributed by atoms with van der Waals surface area (Å²) < 4.78 is 49.7. The van der Waals surface area contributed by atoms with Gasteiger partial charge in [-0.25, -0.2) is 15.0 Å². The van der Waals surface area contributed by atoms with Gasteiger partial charge in [-0.15, -0.1) is 0 Å². The standard InChI is InChI=1S/C10H10F3N5OS/c11-10(12,13)9-16-7-6(14-5-15-7)8(17-9)18-1-3-20(19)4-2-18/h5H,1-4H2,(H,14,15,16,17). The van der Waals surface area contributed by atoms with E-state index in [1.165, 1.54) is 6.33 Å². The van der Waals surface area contributed by atoms with Gasteiger partial charge in [0.05, 0.1) is 6.33 Å². The molecule has 2 aromatic heterocycles. The molecule has 3 rings (SSSR count). The van der Waals surface area contributed by atoms with Crippen LogP contribution in [0.25, 0.3) is 11.2 Å². The van der Waals surface area contributed by atoms with Gasteiger partial charge in [0.1, 0.15) is 5.52 Å². The van der Waals surface area contributed by atoms with Crippen LogP contribution in [0.3, 0.4) is 0 Å². The first-order valence-corrected chi connectivity index (χ1v) is 7.32. The van der Waals surface area contributed by atoms with Crippen LogP contribution in [0.1, 0.15) is 5.82 Å². The molecule has 6 nitrogen and oxygen atoms in total. The van der Waals surface area contributed by atoms with Crippen LogP contribution in [0.2, 0.25) is 0 Å². The highest BCUT2D eigenvalue weighted by Gasteiger charge is 2.36. The fourth-order valence-corrected chi connectivity index (χ4v) is 3.08. The lowest BCUT2D eigenvalue weighted by molar-refractivity contribution is -0.144. The van der Waals surface area contributed by atoms with Crippen LogP contribution in [0.5, 0.6) is 0 Å². The second-order valence-corrected chi connectivity index (χ2v) is 6.00. The first-order chi connectivity index (χ1) is 9.45. The first kappa shape index (κ1) is 13.3. The molecule has 0 spiro atoms. The van der Waals surface area contributed by atoms with Crippen molar-refractivity contribution in [2.75, 3.05) is 29.5 Å². The van der Waals surface area contributed by atoms with Crippen LogP contribution in [0.4, 0.5) is 19.0 Å².